The van der Waals surface area contributed by atoms with E-state index >= 15 is 0 Å². The number of H-pyrrole nitrogens is 1. The molecule has 2 aliphatic rings. The van der Waals surface area contributed by atoms with E-state index in [0.29, 0.717) is 18.8 Å². The van der Waals surface area contributed by atoms with Crippen molar-refractivity contribution in [3.05, 3.63) is 64.6 Å². The Labute approximate surface area is 208 Å². The predicted octanol–water partition coefficient (Wildman–Crippen LogP) is 4.69. The van der Waals surface area contributed by atoms with E-state index in [1.165, 1.54) is 18.2 Å². The summed E-state index contributed by atoms with van der Waals surface area (Å²) < 4.78 is 28.9. The van der Waals surface area contributed by atoms with Crippen molar-refractivity contribution in [2.45, 2.75) is 64.4 Å². The molecule has 1 fully saturated rings. The van der Waals surface area contributed by atoms with Gasteiger partial charge in [0, 0.05) is 18.5 Å². The molecule has 2 atom stereocenters. The van der Waals surface area contributed by atoms with Crippen LogP contribution in [0.3, 0.4) is 0 Å². The number of amides is 1. The van der Waals surface area contributed by atoms with Crippen LogP contribution in [0.4, 0.5) is 8.78 Å². The molecule has 2 aromatic heterocycles. The van der Waals surface area contributed by atoms with E-state index in [2.05, 4.69) is 34.2 Å². The largest absolute Gasteiger partial charge is 0.384 e. The van der Waals surface area contributed by atoms with Gasteiger partial charge < -0.3 is 10.0 Å². The van der Waals surface area contributed by atoms with Crippen molar-refractivity contribution in [2.75, 3.05) is 13.1 Å². The van der Waals surface area contributed by atoms with Crippen LogP contribution in [0, 0.1) is 17.0 Å². The third-order valence-electron chi connectivity index (χ3n) is 8.42. The Bertz CT molecular complexity index is 1330. The Morgan fingerprint density at radius 2 is 1.92 bits per heavy atom. The molecule has 0 saturated heterocycles. The summed E-state index contributed by atoms with van der Waals surface area (Å²) in [5, 5.41) is 26.0. The van der Waals surface area contributed by atoms with Gasteiger partial charge >= 0.3 is 0 Å². The van der Waals surface area contributed by atoms with Gasteiger partial charge in [0.2, 0.25) is 0 Å². The average molecular weight is 496 g/mol. The lowest BCUT2D eigenvalue weighted by Crippen LogP contribution is -2.48. The summed E-state index contributed by atoms with van der Waals surface area (Å²) in [6, 6.07) is 7.12. The number of rotatable bonds is 6. The fraction of sp³-hybridized carbons (Fsp3) is 0.481. The van der Waals surface area contributed by atoms with Crippen molar-refractivity contribution in [3.63, 3.8) is 0 Å². The van der Waals surface area contributed by atoms with Gasteiger partial charge in [-0.1, -0.05) is 19.9 Å². The Morgan fingerprint density at radius 1 is 1.22 bits per heavy atom. The number of carbonyl (C=O) groups is 1. The second-order valence-electron chi connectivity index (χ2n) is 11.1. The normalized spacial score (nSPS) is 22.1. The first-order chi connectivity index (χ1) is 16.9. The van der Waals surface area contributed by atoms with E-state index < -0.39 is 22.7 Å². The quantitative estimate of drug-likeness (QED) is 0.517. The first-order valence-corrected chi connectivity index (χ1v) is 12.3. The van der Waals surface area contributed by atoms with Gasteiger partial charge in [-0.2, -0.15) is 15.3 Å². The van der Waals surface area contributed by atoms with Gasteiger partial charge in [0.1, 0.15) is 17.2 Å². The lowest BCUT2D eigenvalue weighted by Gasteiger charge is -2.41. The summed E-state index contributed by atoms with van der Waals surface area (Å²) in [5.74, 6) is -1.44. The fourth-order valence-corrected chi connectivity index (χ4v) is 6.20. The Kier molecular flexibility index (Phi) is 5.55. The van der Waals surface area contributed by atoms with Crippen LogP contribution in [0.15, 0.2) is 30.3 Å². The molecule has 1 saturated carbocycles. The minimum absolute atomic E-state index is 0.137. The third-order valence-corrected chi connectivity index (χ3v) is 8.42. The van der Waals surface area contributed by atoms with Gasteiger partial charge in [-0.25, -0.2) is 8.78 Å². The van der Waals surface area contributed by atoms with Crippen molar-refractivity contribution in [2.24, 2.45) is 5.41 Å². The first-order valence-electron chi connectivity index (χ1n) is 12.3. The number of hydrogen-bond donors (Lipinski definition) is 2. The minimum atomic E-state index is -1.14. The maximum absolute atomic E-state index is 14.5. The molecule has 2 bridgehead atoms. The summed E-state index contributed by atoms with van der Waals surface area (Å²) in [6.07, 6.45) is 1.72. The number of benzene rings is 1. The maximum Gasteiger partial charge on any atom is 0.274 e. The SMILES string of the molecule is CCN(C[C@@]12CC[C@@H](c3cc(-c4c(F)cccc4F)nnc31)C2(C)C)C(=O)c1cc(C(C)(C)O)[nH]n1. The molecule has 2 aliphatic carbocycles. The summed E-state index contributed by atoms with van der Waals surface area (Å²) in [4.78, 5) is 15.2. The number of aliphatic hydroxyl groups is 1. The first kappa shape index (κ1) is 24.5. The van der Waals surface area contributed by atoms with Crippen LogP contribution in [0.25, 0.3) is 11.3 Å². The highest BCUT2D eigenvalue weighted by Crippen LogP contribution is 2.67. The summed E-state index contributed by atoms with van der Waals surface area (Å²) in [7, 11) is 0. The van der Waals surface area contributed by atoms with Crippen molar-refractivity contribution in [1.82, 2.24) is 25.3 Å². The molecule has 0 spiro atoms. The zero-order valence-electron chi connectivity index (χ0n) is 21.2. The zero-order valence-corrected chi connectivity index (χ0v) is 21.2. The number of carbonyl (C=O) groups excluding carboxylic acids is 1. The number of aromatic nitrogens is 4. The van der Waals surface area contributed by atoms with E-state index in [9.17, 15) is 18.7 Å². The molecule has 0 radical (unpaired) electrons. The molecule has 9 heteroatoms. The van der Waals surface area contributed by atoms with Gasteiger partial charge in [0.15, 0.2) is 5.69 Å². The number of halogens is 2. The minimum Gasteiger partial charge on any atom is -0.384 e. The van der Waals surface area contributed by atoms with Crippen molar-refractivity contribution < 1.29 is 18.7 Å². The fourth-order valence-electron chi connectivity index (χ4n) is 6.20. The molecular weight excluding hydrogens is 464 g/mol. The highest BCUT2D eigenvalue weighted by atomic mass is 19.1. The topological polar surface area (TPSA) is 95.0 Å². The second kappa shape index (κ2) is 8.16. The molecule has 5 rings (SSSR count). The van der Waals surface area contributed by atoms with E-state index in [1.54, 1.807) is 30.9 Å². The lowest BCUT2D eigenvalue weighted by molar-refractivity contribution is 0.0646. The van der Waals surface area contributed by atoms with Crippen LogP contribution in [0.5, 0.6) is 0 Å². The van der Waals surface area contributed by atoms with Gasteiger partial charge in [-0.3, -0.25) is 9.89 Å². The molecule has 190 valence electrons. The molecular formula is C27H31F2N5O2. The highest BCUT2D eigenvalue weighted by molar-refractivity contribution is 5.92. The summed E-state index contributed by atoms with van der Waals surface area (Å²) in [5.41, 5.74) is 0.634. The predicted molar refractivity (Wildman–Crippen MR) is 130 cm³/mol. The second-order valence-corrected chi connectivity index (χ2v) is 11.1. The van der Waals surface area contributed by atoms with E-state index in [0.717, 1.165) is 24.1 Å². The standard InChI is InChI=1S/C27H31F2N5O2/c1-6-34(24(35)20-13-21(32-31-20)26(4,5)36)14-27-11-10-16(25(27,2)3)15-12-19(30-33-23(15)27)22-17(28)8-7-9-18(22)29/h7-9,12-13,16,36H,6,10-11,14H2,1-5H3,(H,31,32)/t16-,27-/m0/s1. The molecule has 3 aromatic rings. The number of aromatic amines is 1. The summed E-state index contributed by atoms with van der Waals surface area (Å²) in [6.45, 7) is 10.4. The Balaban J connectivity index is 1.52. The van der Waals surface area contributed by atoms with Crippen LogP contribution in [0.2, 0.25) is 0 Å². The number of hydrogen-bond acceptors (Lipinski definition) is 5. The van der Waals surface area contributed by atoms with Crippen LogP contribution >= 0.6 is 0 Å². The molecule has 7 nitrogen and oxygen atoms in total. The van der Waals surface area contributed by atoms with Gasteiger partial charge in [-0.05, 0) is 74.8 Å². The molecule has 1 aromatic carbocycles. The number of fused-ring (bicyclic) bond motifs is 5. The molecule has 2 heterocycles. The van der Waals surface area contributed by atoms with Gasteiger partial charge in [-0.15, -0.1) is 0 Å². The van der Waals surface area contributed by atoms with Crippen LogP contribution in [0.1, 0.15) is 80.8 Å². The monoisotopic (exact) mass is 495 g/mol. The lowest BCUT2D eigenvalue weighted by atomic mass is 9.68. The van der Waals surface area contributed by atoms with E-state index in [-0.39, 0.29) is 34.2 Å². The van der Waals surface area contributed by atoms with Gasteiger partial charge in [0.05, 0.1) is 22.6 Å². The summed E-state index contributed by atoms with van der Waals surface area (Å²) >= 11 is 0. The van der Waals surface area contributed by atoms with Crippen molar-refractivity contribution in [3.8, 4) is 11.3 Å². The molecule has 36 heavy (non-hydrogen) atoms. The van der Waals surface area contributed by atoms with Gasteiger partial charge in [0.25, 0.3) is 5.91 Å². The van der Waals surface area contributed by atoms with Crippen molar-refractivity contribution >= 4 is 5.91 Å². The van der Waals surface area contributed by atoms with E-state index in [4.69, 9.17) is 0 Å². The Morgan fingerprint density at radius 3 is 2.53 bits per heavy atom. The molecule has 2 N–H and O–H groups in total. The Hall–Kier alpha value is -3.20. The van der Waals surface area contributed by atoms with E-state index in [1.807, 2.05) is 6.92 Å². The number of nitrogens with zero attached hydrogens (tertiary/aromatic N) is 4. The molecule has 1 amide bonds. The third kappa shape index (κ3) is 3.47. The van der Waals surface area contributed by atoms with Crippen LogP contribution in [-0.4, -0.2) is 49.4 Å². The molecule has 0 aliphatic heterocycles. The number of likely N-dealkylation sites (N-methyl/N-ethyl adjacent to an activating group) is 1. The highest BCUT2D eigenvalue weighted by Gasteiger charge is 2.64. The average Bonchev–Trinajstić information content (AvgIpc) is 3.45. The zero-order chi connectivity index (χ0) is 26.0. The smallest absolute Gasteiger partial charge is 0.274 e. The molecule has 0 unspecified atom stereocenters. The maximum atomic E-state index is 14.5. The number of nitrogens with one attached hydrogen (secondary N) is 1. The van der Waals surface area contributed by atoms with Crippen molar-refractivity contribution in [1.29, 1.82) is 0 Å². The van der Waals surface area contributed by atoms with Crippen LogP contribution < -0.4 is 0 Å². The van der Waals surface area contributed by atoms with Crippen LogP contribution in [-0.2, 0) is 11.0 Å².